The fourth-order valence-electron chi connectivity index (χ4n) is 5.76. The first-order valence-corrected chi connectivity index (χ1v) is 14.1. The number of nitrogens with zero attached hydrogens (tertiary/aromatic N) is 3. The molecule has 7 nitrogen and oxygen atoms in total. The van der Waals surface area contributed by atoms with Gasteiger partial charge in [0.1, 0.15) is 11.6 Å². The molecule has 4 aliphatic rings. The number of aromatic carboxylic acids is 1. The van der Waals surface area contributed by atoms with Gasteiger partial charge in [0.25, 0.3) is 5.91 Å². The smallest absolute Gasteiger partial charge is 0.335 e. The number of rotatable bonds is 4. The maximum absolute atomic E-state index is 12.9. The van der Waals surface area contributed by atoms with Crippen LogP contribution in [0.1, 0.15) is 59.2 Å². The van der Waals surface area contributed by atoms with Crippen LogP contribution in [0.3, 0.4) is 0 Å². The highest BCUT2D eigenvalue weighted by molar-refractivity contribution is 5.94. The molecule has 1 amide bonds. The summed E-state index contributed by atoms with van der Waals surface area (Å²) in [5.74, 6) is -1.74. The average Bonchev–Trinajstić information content (AvgIpc) is 3.77. The van der Waals surface area contributed by atoms with Gasteiger partial charge in [0.2, 0.25) is 0 Å². The lowest BCUT2D eigenvalue weighted by atomic mass is 10.2. The fourth-order valence-corrected chi connectivity index (χ4v) is 5.76. The van der Waals surface area contributed by atoms with E-state index in [0.29, 0.717) is 11.6 Å². The van der Waals surface area contributed by atoms with Gasteiger partial charge in [-0.2, -0.15) is 0 Å². The van der Waals surface area contributed by atoms with E-state index in [2.05, 4.69) is 15.1 Å². The maximum Gasteiger partial charge on any atom is 0.335 e. The van der Waals surface area contributed by atoms with E-state index in [1.54, 1.807) is 12.1 Å². The second-order valence-corrected chi connectivity index (χ2v) is 10.6. The Morgan fingerprint density at radius 3 is 1.66 bits per heavy atom. The molecule has 4 heterocycles. The van der Waals surface area contributed by atoms with Crippen LogP contribution in [0.15, 0.2) is 48.5 Å². The lowest BCUT2D eigenvalue weighted by Gasteiger charge is -2.23. The Bertz CT molecular complexity index is 1050. The third-order valence-electron chi connectivity index (χ3n) is 7.98. The number of benzene rings is 2. The molecule has 228 valence electrons. The van der Waals surface area contributed by atoms with Gasteiger partial charge in [0, 0.05) is 37.3 Å². The fraction of sp³-hybridized carbons (Fsp3) is 0.533. The van der Waals surface area contributed by atoms with Gasteiger partial charge in [-0.1, -0.05) is 0 Å². The van der Waals surface area contributed by atoms with Crippen LogP contribution < -0.4 is 5.32 Å². The molecule has 0 unspecified atom stereocenters. The van der Waals surface area contributed by atoms with E-state index in [0.717, 1.165) is 37.7 Å². The zero-order valence-corrected chi connectivity index (χ0v) is 25.0. The Labute approximate surface area is 254 Å². The number of nitrogens with one attached hydrogen (secondary N) is 1. The van der Waals surface area contributed by atoms with E-state index in [9.17, 15) is 18.4 Å². The van der Waals surface area contributed by atoms with Gasteiger partial charge in [-0.15, -0.1) is 24.8 Å². The largest absolute Gasteiger partial charge is 0.478 e. The molecule has 6 rings (SSSR count). The third-order valence-corrected chi connectivity index (χ3v) is 7.98. The summed E-state index contributed by atoms with van der Waals surface area (Å²) >= 11 is 0. The maximum atomic E-state index is 12.9. The molecule has 11 heteroatoms. The first-order chi connectivity index (χ1) is 18.9. The number of halogens is 4. The minimum absolute atomic E-state index is 0. The molecule has 2 aromatic rings. The summed E-state index contributed by atoms with van der Waals surface area (Å²) in [5, 5.41) is 11.8. The summed E-state index contributed by atoms with van der Waals surface area (Å²) in [5.41, 5.74) is 0.685. The third kappa shape index (κ3) is 10.5. The second-order valence-electron chi connectivity index (χ2n) is 10.6. The van der Waals surface area contributed by atoms with Crippen molar-refractivity contribution in [2.45, 2.75) is 50.6 Å². The summed E-state index contributed by atoms with van der Waals surface area (Å²) in [4.78, 5) is 29.5. The van der Waals surface area contributed by atoms with Crippen LogP contribution >= 0.6 is 24.8 Å². The number of likely N-dealkylation sites (tertiary alicyclic amines) is 3. The van der Waals surface area contributed by atoms with Crippen LogP contribution in [0.5, 0.6) is 0 Å². The predicted molar refractivity (Wildman–Crippen MR) is 161 cm³/mol. The van der Waals surface area contributed by atoms with E-state index in [-0.39, 0.29) is 42.1 Å². The lowest BCUT2D eigenvalue weighted by molar-refractivity contribution is 0.0696. The van der Waals surface area contributed by atoms with Crippen LogP contribution in [0, 0.1) is 11.6 Å². The van der Waals surface area contributed by atoms with Crippen molar-refractivity contribution in [2.75, 3.05) is 52.4 Å². The van der Waals surface area contributed by atoms with Crippen LogP contribution in [0.2, 0.25) is 0 Å². The van der Waals surface area contributed by atoms with Crippen LogP contribution in [0.25, 0.3) is 0 Å². The Morgan fingerprint density at radius 1 is 0.707 bits per heavy atom. The van der Waals surface area contributed by atoms with Crippen LogP contribution in [0.4, 0.5) is 8.78 Å². The van der Waals surface area contributed by atoms with Crippen LogP contribution in [-0.2, 0) is 0 Å². The standard InChI is InChI=1S/C15H19FN2O.C8H16N2.C7H5FO2.2ClH/c16-13-5-3-12(4-6-13)15(19)18-10-7-14(11-18)17-8-1-2-9-17;1-2-6-10(5-1)8-3-4-9-7-8;8-6-3-1-5(2-4-6)7(9)10;;/h3-6,14H,1-2,7-11H2;8-9H,1-7H2;1-4H,(H,9,10);2*1H/t14-;8-;;;/m00.../s1. The molecule has 41 heavy (non-hydrogen) atoms. The normalized spacial score (nSPS) is 22.0. The number of amides is 1. The molecule has 4 aliphatic heterocycles. The number of carbonyl (C=O) groups excluding carboxylic acids is 1. The minimum atomic E-state index is -1.04. The van der Waals surface area contributed by atoms with Crippen molar-refractivity contribution in [2.24, 2.45) is 0 Å². The molecule has 0 spiro atoms. The van der Waals surface area contributed by atoms with Crippen molar-refractivity contribution in [1.82, 2.24) is 20.0 Å². The molecule has 2 N–H and O–H groups in total. The SMILES string of the molecule is C1CCN([C@H]2CCNC2)C1.Cl.Cl.O=C(O)c1ccc(F)cc1.O=C(c1ccc(F)cc1)N1CC[C@H](N2CCCC2)C1. The van der Waals surface area contributed by atoms with Crippen molar-refractivity contribution in [3.8, 4) is 0 Å². The summed E-state index contributed by atoms with van der Waals surface area (Å²) in [6.07, 6.45) is 7.85. The minimum Gasteiger partial charge on any atom is -0.478 e. The monoisotopic (exact) mass is 614 g/mol. The molecule has 2 aromatic carbocycles. The summed E-state index contributed by atoms with van der Waals surface area (Å²) < 4.78 is 25.0. The van der Waals surface area contributed by atoms with E-state index >= 15 is 0 Å². The molecule has 0 saturated carbocycles. The van der Waals surface area contributed by atoms with Crippen molar-refractivity contribution >= 4 is 36.7 Å². The molecule has 4 saturated heterocycles. The molecule has 2 atom stereocenters. The number of carbonyl (C=O) groups is 2. The highest BCUT2D eigenvalue weighted by Crippen LogP contribution is 2.22. The Balaban J connectivity index is 0.000000228. The van der Waals surface area contributed by atoms with Gasteiger partial charge in [-0.3, -0.25) is 14.6 Å². The van der Waals surface area contributed by atoms with Gasteiger partial charge in [0.15, 0.2) is 0 Å². The van der Waals surface area contributed by atoms with Gasteiger partial charge in [-0.05, 0) is 120 Å². The topological polar surface area (TPSA) is 76.1 Å². The highest BCUT2D eigenvalue weighted by Gasteiger charge is 2.31. The summed E-state index contributed by atoms with van der Waals surface area (Å²) in [6, 6.07) is 11.9. The highest BCUT2D eigenvalue weighted by atomic mass is 35.5. The molecule has 0 aliphatic carbocycles. The number of hydrogen-bond donors (Lipinski definition) is 2. The van der Waals surface area contributed by atoms with E-state index in [4.69, 9.17) is 5.11 Å². The van der Waals surface area contributed by atoms with Gasteiger partial charge in [0.05, 0.1) is 5.56 Å². The Kier molecular flexibility index (Phi) is 15.0. The molecule has 4 fully saturated rings. The molecule has 0 bridgehead atoms. The molecule has 0 aromatic heterocycles. The Hall–Kier alpha value is -2.30. The quantitative estimate of drug-likeness (QED) is 0.508. The number of carboxylic acids is 1. The Morgan fingerprint density at radius 2 is 1.20 bits per heavy atom. The first-order valence-electron chi connectivity index (χ1n) is 14.1. The zero-order valence-electron chi connectivity index (χ0n) is 23.4. The molecular weight excluding hydrogens is 573 g/mol. The van der Waals surface area contributed by atoms with Crippen molar-refractivity contribution in [3.63, 3.8) is 0 Å². The summed E-state index contributed by atoms with van der Waals surface area (Å²) in [6.45, 7) is 9.15. The second kappa shape index (κ2) is 17.6. The van der Waals surface area contributed by atoms with E-state index < -0.39 is 11.8 Å². The average molecular weight is 616 g/mol. The van der Waals surface area contributed by atoms with Crippen molar-refractivity contribution < 1.29 is 23.5 Å². The zero-order chi connectivity index (χ0) is 27.6. The number of hydrogen-bond acceptors (Lipinski definition) is 5. The summed E-state index contributed by atoms with van der Waals surface area (Å²) in [7, 11) is 0. The van der Waals surface area contributed by atoms with Gasteiger partial charge in [-0.25, -0.2) is 13.6 Å². The van der Waals surface area contributed by atoms with E-state index in [1.165, 1.54) is 95.6 Å². The van der Waals surface area contributed by atoms with Crippen LogP contribution in [-0.4, -0.2) is 96.1 Å². The number of carboxylic acid groups (broad SMARTS) is 1. The van der Waals surface area contributed by atoms with Crippen molar-refractivity contribution in [3.05, 3.63) is 71.3 Å². The lowest BCUT2D eigenvalue weighted by Crippen LogP contribution is -2.37. The molecular formula is C30H42Cl2F2N4O3. The first kappa shape index (κ1) is 34.9. The predicted octanol–water partition coefficient (Wildman–Crippen LogP) is 4.95. The van der Waals surface area contributed by atoms with Crippen molar-refractivity contribution in [1.29, 1.82) is 0 Å². The van der Waals surface area contributed by atoms with Gasteiger partial charge >= 0.3 is 5.97 Å². The van der Waals surface area contributed by atoms with Gasteiger partial charge < -0.3 is 15.3 Å². The van der Waals surface area contributed by atoms with E-state index in [1.807, 2.05) is 4.90 Å². The molecule has 0 radical (unpaired) electrons.